The van der Waals surface area contributed by atoms with Crippen LogP contribution in [0.1, 0.15) is 6.42 Å². The second kappa shape index (κ2) is 8.52. The Bertz CT molecular complexity index is 138. The molecule has 0 spiro atoms. The minimum absolute atomic E-state index is 0. The number of rotatable bonds is 3. The topological polar surface area (TPSA) is 103 Å². The summed E-state index contributed by atoms with van der Waals surface area (Å²) in [5, 5.41) is 29.0. The normalized spacial score (nSPS) is 10.3. The van der Waals surface area contributed by atoms with E-state index >= 15 is 0 Å². The fraction of sp³-hybridized carbons (Fsp3) is 0.500. The monoisotopic (exact) mass is 217 g/mol. The Morgan fingerprint density at radius 3 is 1.73 bits per heavy atom. The summed E-state index contributed by atoms with van der Waals surface area (Å²) in [6.45, 7) is 0. The summed E-state index contributed by atoms with van der Waals surface area (Å²) in [5.74, 6) is -3.60. The molecule has 0 aliphatic carbocycles. The van der Waals surface area contributed by atoms with Crippen LogP contribution < -0.4 is 44.9 Å². The van der Waals surface area contributed by atoms with Crippen molar-refractivity contribution in [3.63, 3.8) is 0 Å². The van der Waals surface area contributed by atoms with E-state index in [0.717, 1.165) is 0 Å². The maximum atomic E-state index is 9.95. The average Bonchev–Trinajstić information content (AvgIpc) is 1.63. The third kappa shape index (κ3) is 10.4. The Balaban J connectivity index is -0.000000320. The molecule has 1 atom stereocenters. The molecule has 0 fully saturated rings. The smallest absolute Gasteiger partial charge is 0.847 e. The van der Waals surface area contributed by atoms with Gasteiger partial charge in [0.2, 0.25) is 0 Å². The zero-order valence-corrected chi connectivity index (χ0v) is 8.57. The number of carboxylic acids is 2. The molecule has 0 aliphatic rings. The van der Waals surface area contributed by atoms with Gasteiger partial charge in [-0.25, -0.2) is 0 Å². The van der Waals surface area contributed by atoms with Gasteiger partial charge in [0.1, 0.15) is 0 Å². The number of hydrogen-bond acceptors (Lipinski definition) is 5. The first kappa shape index (κ1) is 17.5. The van der Waals surface area contributed by atoms with E-state index in [1.54, 1.807) is 0 Å². The van der Waals surface area contributed by atoms with Crippen molar-refractivity contribution in [3.05, 3.63) is 0 Å². The molecule has 0 aromatic carbocycles. The van der Waals surface area contributed by atoms with E-state index < -0.39 is 24.5 Å². The van der Waals surface area contributed by atoms with Crippen LogP contribution >= 0.6 is 0 Å². The molecule has 0 rings (SSSR count). The van der Waals surface area contributed by atoms with Crippen LogP contribution in [0.25, 0.3) is 0 Å². The number of carboxylic acid groups (broad SMARTS) is 2. The summed E-state index contributed by atoms with van der Waals surface area (Å²) >= 11 is 0. The molecule has 0 amide bonds. The maximum absolute atomic E-state index is 9.95. The number of aliphatic carboxylic acids is 2. The Hall–Kier alpha value is 0.419. The summed E-state index contributed by atoms with van der Waals surface area (Å²) in [7, 11) is 0. The molecule has 0 heterocycles. The van der Waals surface area contributed by atoms with Crippen LogP contribution in [0.15, 0.2) is 0 Å². The summed E-state index contributed by atoms with van der Waals surface area (Å²) < 4.78 is 0. The molecule has 1 unspecified atom stereocenters. The van der Waals surface area contributed by atoms with Crippen LogP contribution in [-0.4, -0.2) is 18.0 Å². The molecular formula is C4H3CuNaO5. The quantitative estimate of drug-likeness (QED) is 0.437. The molecule has 5 nitrogen and oxygen atoms in total. The van der Waals surface area contributed by atoms with Gasteiger partial charge in [-0.05, 0) is 6.42 Å². The summed E-state index contributed by atoms with van der Waals surface area (Å²) in [6.07, 6.45) is -3.25. The van der Waals surface area contributed by atoms with Crippen molar-refractivity contribution < 1.29 is 71.5 Å². The minimum atomic E-state index is -2.21. The summed E-state index contributed by atoms with van der Waals surface area (Å²) in [4.78, 5) is 19.0. The van der Waals surface area contributed by atoms with E-state index in [1.165, 1.54) is 0 Å². The van der Waals surface area contributed by atoms with Crippen LogP contribution in [0.2, 0.25) is 0 Å². The third-order valence-corrected chi connectivity index (χ3v) is 0.615. The summed E-state index contributed by atoms with van der Waals surface area (Å²) in [6, 6.07) is 0. The Morgan fingerprint density at radius 2 is 1.64 bits per heavy atom. The number of carbonyl (C=O) groups is 2. The second-order valence-corrected chi connectivity index (χ2v) is 1.38. The van der Waals surface area contributed by atoms with E-state index in [1.807, 2.05) is 0 Å². The molecule has 11 heavy (non-hydrogen) atoms. The Kier molecular flexibility index (Phi) is 13.5. The van der Waals surface area contributed by atoms with Crippen LogP contribution in [-0.2, 0) is 26.7 Å². The van der Waals surface area contributed by atoms with Gasteiger partial charge in [-0.3, -0.25) is 0 Å². The molecule has 0 saturated heterocycles. The maximum Gasteiger partial charge on any atom is 2.00 e. The van der Waals surface area contributed by atoms with Crippen molar-refractivity contribution >= 4 is 11.9 Å². The molecule has 0 aromatic heterocycles. The van der Waals surface area contributed by atoms with E-state index in [0.29, 0.717) is 0 Å². The minimum Gasteiger partial charge on any atom is -0.847 e. The van der Waals surface area contributed by atoms with Gasteiger partial charge in [0, 0.05) is 11.9 Å². The van der Waals surface area contributed by atoms with Crippen molar-refractivity contribution in [2.45, 2.75) is 12.5 Å². The third-order valence-electron chi connectivity index (χ3n) is 0.615. The molecular weight excluding hydrogens is 215 g/mol. The predicted octanol–water partition coefficient (Wildman–Crippen LogP) is -7.39. The Morgan fingerprint density at radius 1 is 1.27 bits per heavy atom. The fourth-order valence-electron chi connectivity index (χ4n) is 0.235. The zero-order chi connectivity index (χ0) is 7.44. The van der Waals surface area contributed by atoms with E-state index in [-0.39, 0.29) is 46.6 Å². The number of hydrogen-bond donors (Lipinski definition) is 0. The van der Waals surface area contributed by atoms with Gasteiger partial charge in [0.05, 0.1) is 0 Å². The summed E-state index contributed by atoms with van der Waals surface area (Å²) in [5.41, 5.74) is 0. The molecule has 0 aromatic rings. The first-order valence-corrected chi connectivity index (χ1v) is 2.10. The van der Waals surface area contributed by atoms with Crippen LogP contribution in [0.4, 0.5) is 0 Å². The molecule has 0 aliphatic heterocycles. The van der Waals surface area contributed by atoms with Gasteiger partial charge in [-0.2, -0.15) is 0 Å². The van der Waals surface area contributed by atoms with Gasteiger partial charge in [0.25, 0.3) is 0 Å². The van der Waals surface area contributed by atoms with Crippen LogP contribution in [0.3, 0.4) is 0 Å². The first-order valence-electron chi connectivity index (χ1n) is 2.10. The molecule has 7 heteroatoms. The van der Waals surface area contributed by atoms with Gasteiger partial charge < -0.3 is 24.9 Å². The van der Waals surface area contributed by atoms with Crippen molar-refractivity contribution in [1.82, 2.24) is 0 Å². The SMILES string of the molecule is O=C([O-])CC([O-])C(=O)[O-].[Cu+2].[Na+]. The van der Waals surface area contributed by atoms with E-state index in [2.05, 4.69) is 0 Å². The standard InChI is InChI=1S/C4H5O5.Cu.Na/c5-2(4(8)9)1-3(6)7;;/h2H,1H2,(H,6,7)(H,8,9);;/q-1;+2;+1/p-2. The molecule has 1 radical (unpaired) electrons. The van der Waals surface area contributed by atoms with Gasteiger partial charge in [-0.15, -0.1) is 0 Å². The molecule has 61 valence electrons. The van der Waals surface area contributed by atoms with Crippen LogP contribution in [0, 0.1) is 0 Å². The first-order chi connectivity index (χ1) is 4.04. The zero-order valence-electron chi connectivity index (χ0n) is 5.63. The van der Waals surface area contributed by atoms with Gasteiger partial charge >= 0.3 is 46.6 Å². The largest absolute Gasteiger partial charge is 2.00 e. The van der Waals surface area contributed by atoms with Crippen molar-refractivity contribution in [2.24, 2.45) is 0 Å². The fourth-order valence-corrected chi connectivity index (χ4v) is 0.235. The van der Waals surface area contributed by atoms with Crippen molar-refractivity contribution in [1.29, 1.82) is 0 Å². The predicted molar refractivity (Wildman–Crippen MR) is 18.4 cm³/mol. The van der Waals surface area contributed by atoms with E-state index in [4.69, 9.17) is 0 Å². The average molecular weight is 218 g/mol. The van der Waals surface area contributed by atoms with Gasteiger partial charge in [-0.1, -0.05) is 6.10 Å². The molecule has 0 N–H and O–H groups in total. The van der Waals surface area contributed by atoms with Crippen molar-refractivity contribution in [3.8, 4) is 0 Å². The Labute approximate surface area is 95.5 Å². The number of carbonyl (C=O) groups excluding carboxylic acids is 2. The van der Waals surface area contributed by atoms with Crippen LogP contribution in [0.5, 0.6) is 0 Å². The van der Waals surface area contributed by atoms with E-state index in [9.17, 15) is 24.9 Å². The molecule has 0 bridgehead atoms. The van der Waals surface area contributed by atoms with Crippen molar-refractivity contribution in [2.75, 3.05) is 0 Å². The van der Waals surface area contributed by atoms with Gasteiger partial charge in [0.15, 0.2) is 0 Å². The second-order valence-electron chi connectivity index (χ2n) is 1.38. The molecule has 0 saturated carbocycles.